The first-order valence-electron chi connectivity index (χ1n) is 11.6. The summed E-state index contributed by atoms with van der Waals surface area (Å²) in [5, 5.41) is 1.12. The van der Waals surface area contributed by atoms with Gasteiger partial charge in [0.25, 0.3) is 0 Å². The van der Waals surface area contributed by atoms with Crippen LogP contribution < -0.4 is 0 Å². The van der Waals surface area contributed by atoms with E-state index < -0.39 is 13.9 Å². The number of allylic oxidation sites excluding steroid dienone is 1. The fourth-order valence-corrected chi connectivity index (χ4v) is 8.46. The fraction of sp³-hybridized carbons (Fsp3) is 0.444. The van der Waals surface area contributed by atoms with E-state index >= 15 is 0 Å². The van der Waals surface area contributed by atoms with Crippen LogP contribution in [0.1, 0.15) is 49.0 Å². The molecule has 0 amide bonds. The molecule has 1 aliphatic heterocycles. The second-order valence-corrected chi connectivity index (χ2v) is 15.8. The van der Waals surface area contributed by atoms with Crippen LogP contribution >= 0.6 is 0 Å². The first kappa shape index (κ1) is 19.7. The van der Waals surface area contributed by atoms with Crippen LogP contribution in [0.2, 0.25) is 19.6 Å². The van der Waals surface area contributed by atoms with Gasteiger partial charge in [0.2, 0.25) is 0 Å². The van der Waals surface area contributed by atoms with E-state index in [1.165, 1.54) is 5.57 Å². The van der Waals surface area contributed by atoms with Crippen molar-refractivity contribution in [3.05, 3.63) is 82.6 Å². The van der Waals surface area contributed by atoms with E-state index in [0.29, 0.717) is 11.7 Å². The Morgan fingerprint density at radius 2 is 1.32 bits per heavy atom. The van der Waals surface area contributed by atoms with Crippen molar-refractivity contribution >= 4 is 13.9 Å². The Bertz CT molecular complexity index is 1020. The Morgan fingerprint density at radius 3 is 1.77 bits per heavy atom. The van der Waals surface area contributed by atoms with Gasteiger partial charge >= 0.3 is 0 Å². The predicted octanol–water partition coefficient (Wildman–Crippen LogP) is 6.16. The fourth-order valence-electron chi connectivity index (χ4n) is 6.36. The van der Waals surface area contributed by atoms with Gasteiger partial charge in [-0.05, 0) is 47.1 Å². The highest BCUT2D eigenvalue weighted by molar-refractivity contribution is 6.87. The molecular formula is C27H30O3Si. The minimum Gasteiger partial charge on any atom is -0.335 e. The Balaban J connectivity index is 1.50. The molecule has 3 nitrogen and oxygen atoms in total. The van der Waals surface area contributed by atoms with Crippen molar-refractivity contribution in [2.75, 3.05) is 0 Å². The summed E-state index contributed by atoms with van der Waals surface area (Å²) in [6.07, 6.45) is 3.57. The zero-order chi connectivity index (χ0) is 21.4. The molecule has 2 saturated carbocycles. The summed E-state index contributed by atoms with van der Waals surface area (Å²) in [7, 11) is -1.85. The second-order valence-electron chi connectivity index (χ2n) is 10.8. The van der Waals surface area contributed by atoms with E-state index in [4.69, 9.17) is 9.47 Å². The summed E-state index contributed by atoms with van der Waals surface area (Å²) in [5.74, 6) is -0.0201. The third-order valence-electron chi connectivity index (χ3n) is 7.84. The van der Waals surface area contributed by atoms with Gasteiger partial charge in [0, 0.05) is 11.8 Å². The van der Waals surface area contributed by atoms with Gasteiger partial charge in [-0.3, -0.25) is 4.79 Å². The molecule has 0 bridgehead atoms. The van der Waals surface area contributed by atoms with Crippen molar-refractivity contribution in [1.82, 2.24) is 0 Å². The van der Waals surface area contributed by atoms with Crippen LogP contribution in [-0.4, -0.2) is 19.6 Å². The molecule has 3 atom stereocenters. The average Bonchev–Trinajstić information content (AvgIpc) is 3.27. The summed E-state index contributed by atoms with van der Waals surface area (Å²) in [4.78, 5) is 13.7. The number of ketones is 1. The highest BCUT2D eigenvalue weighted by Gasteiger charge is 2.71. The van der Waals surface area contributed by atoms with Crippen LogP contribution in [-0.2, 0) is 14.3 Å². The van der Waals surface area contributed by atoms with Crippen molar-refractivity contribution < 1.29 is 14.3 Å². The Labute approximate surface area is 185 Å². The van der Waals surface area contributed by atoms with Gasteiger partial charge in [-0.2, -0.15) is 0 Å². The molecule has 160 valence electrons. The minimum atomic E-state index is -1.85. The molecule has 4 aliphatic rings. The molecule has 3 fully saturated rings. The molecule has 1 heterocycles. The van der Waals surface area contributed by atoms with E-state index in [1.807, 2.05) is 12.1 Å². The molecule has 2 spiro atoms. The maximum Gasteiger partial charge on any atom is 0.193 e. The molecule has 0 N–H and O–H groups in total. The van der Waals surface area contributed by atoms with Crippen LogP contribution in [0, 0.1) is 11.3 Å². The lowest BCUT2D eigenvalue weighted by Gasteiger charge is -2.29. The first-order valence-corrected chi connectivity index (χ1v) is 15.1. The maximum absolute atomic E-state index is 13.7. The summed E-state index contributed by atoms with van der Waals surface area (Å²) in [6, 6.07) is 20.9. The molecule has 0 unspecified atom stereocenters. The number of ether oxygens (including phenoxy) is 2. The monoisotopic (exact) mass is 430 g/mol. The molecule has 6 rings (SSSR count). The van der Waals surface area contributed by atoms with Crippen molar-refractivity contribution in [2.45, 2.75) is 63.3 Å². The Kier molecular flexibility index (Phi) is 4.12. The number of carbonyl (C=O) groups excluding carboxylic acids is 1. The molecular weight excluding hydrogens is 400 g/mol. The van der Waals surface area contributed by atoms with Crippen molar-refractivity contribution in [2.24, 2.45) is 11.3 Å². The second kappa shape index (κ2) is 6.50. The van der Waals surface area contributed by atoms with Gasteiger partial charge in [0.05, 0.1) is 8.07 Å². The number of rotatable bonds is 3. The zero-order valence-corrected chi connectivity index (χ0v) is 19.6. The standard InChI is InChI=1S/C27H30O3Si/c1-31(2,3)24-21-20(26(16-17-26)25(24)28)14-15-27(21)29-22(18-10-6-4-7-11-18)23(30-27)19-12-8-5-9-13-19/h4-13,20,22-23H,14-17H2,1-3H3/t20-,22+,23+/m1/s1. The number of carbonyl (C=O) groups is 1. The molecule has 31 heavy (non-hydrogen) atoms. The largest absolute Gasteiger partial charge is 0.335 e. The van der Waals surface area contributed by atoms with Crippen molar-refractivity contribution in [1.29, 1.82) is 0 Å². The third-order valence-corrected chi connectivity index (χ3v) is 9.84. The van der Waals surface area contributed by atoms with Crippen LogP contribution in [0.25, 0.3) is 0 Å². The Morgan fingerprint density at radius 1 is 0.806 bits per heavy atom. The lowest BCUT2D eigenvalue weighted by Crippen LogP contribution is -2.36. The third kappa shape index (κ3) is 2.74. The molecule has 2 aromatic carbocycles. The van der Waals surface area contributed by atoms with Gasteiger partial charge in [0.1, 0.15) is 12.2 Å². The molecule has 0 aromatic heterocycles. The summed E-state index contributed by atoms with van der Waals surface area (Å²) >= 11 is 0. The number of fused-ring (bicyclic) bond motifs is 3. The molecule has 4 heteroatoms. The van der Waals surface area contributed by atoms with Gasteiger partial charge in [0.15, 0.2) is 11.6 Å². The molecule has 0 radical (unpaired) electrons. The lowest BCUT2D eigenvalue weighted by molar-refractivity contribution is -0.142. The van der Waals surface area contributed by atoms with Gasteiger partial charge in [-0.25, -0.2) is 0 Å². The summed E-state index contributed by atoms with van der Waals surface area (Å²) < 4.78 is 13.9. The van der Waals surface area contributed by atoms with E-state index in [9.17, 15) is 4.79 Å². The number of benzene rings is 2. The van der Waals surface area contributed by atoms with E-state index in [-0.39, 0.29) is 17.6 Å². The van der Waals surface area contributed by atoms with Crippen LogP contribution in [0.3, 0.4) is 0 Å². The minimum absolute atomic E-state index is 0.131. The number of Topliss-reactive ketones (excluding diaryl/α,β-unsaturated/α-hetero) is 1. The van der Waals surface area contributed by atoms with E-state index in [1.54, 1.807) is 0 Å². The van der Waals surface area contributed by atoms with Crippen molar-refractivity contribution in [3.8, 4) is 0 Å². The van der Waals surface area contributed by atoms with Crippen LogP contribution in [0.5, 0.6) is 0 Å². The molecule has 1 saturated heterocycles. The van der Waals surface area contributed by atoms with Gasteiger partial charge < -0.3 is 9.47 Å². The number of hydrogen-bond donors (Lipinski definition) is 0. The van der Waals surface area contributed by atoms with Crippen LogP contribution in [0.4, 0.5) is 0 Å². The molecule has 3 aliphatic carbocycles. The summed E-state index contributed by atoms with van der Waals surface area (Å²) in [6.45, 7) is 6.90. The summed E-state index contributed by atoms with van der Waals surface area (Å²) in [5.41, 5.74) is 3.37. The molecule has 2 aromatic rings. The first-order chi connectivity index (χ1) is 14.9. The zero-order valence-electron chi connectivity index (χ0n) is 18.6. The van der Waals surface area contributed by atoms with Gasteiger partial charge in [-0.1, -0.05) is 80.3 Å². The topological polar surface area (TPSA) is 35.5 Å². The quantitative estimate of drug-likeness (QED) is 0.547. The lowest BCUT2D eigenvalue weighted by atomic mass is 9.88. The van der Waals surface area contributed by atoms with Crippen molar-refractivity contribution in [3.63, 3.8) is 0 Å². The van der Waals surface area contributed by atoms with E-state index in [2.05, 4.69) is 68.2 Å². The Hall–Kier alpha value is -2.01. The highest BCUT2D eigenvalue weighted by atomic mass is 28.3. The SMILES string of the molecule is C[Si](C)(C)C1=C2[C@@H](CCC23O[C@@H](c2ccccc2)[C@H](c2ccccc2)O3)C2(CC2)C1=O. The van der Waals surface area contributed by atoms with E-state index in [0.717, 1.165) is 42.0 Å². The number of hydrogen-bond acceptors (Lipinski definition) is 3. The normalized spacial score (nSPS) is 30.4. The van der Waals surface area contributed by atoms with Crippen LogP contribution in [0.15, 0.2) is 71.4 Å². The predicted molar refractivity (Wildman–Crippen MR) is 123 cm³/mol. The smallest absolute Gasteiger partial charge is 0.193 e. The van der Waals surface area contributed by atoms with Gasteiger partial charge in [-0.15, -0.1) is 0 Å². The maximum atomic E-state index is 13.7. The average molecular weight is 431 g/mol. The highest BCUT2D eigenvalue weighted by Crippen LogP contribution is 2.70.